The molecule has 1 unspecified atom stereocenters. The Morgan fingerprint density at radius 1 is 1.37 bits per heavy atom. The van der Waals surface area contributed by atoms with Crippen LogP contribution in [0.4, 0.5) is 0 Å². The third kappa shape index (κ3) is 2.99. The monoisotopic (exact) mass is 282 g/mol. The van der Waals surface area contributed by atoms with Crippen LogP contribution in [0.2, 0.25) is 0 Å². The van der Waals surface area contributed by atoms with E-state index in [1.165, 1.54) is 11.3 Å². The molecule has 0 aromatic carbocycles. The molecule has 0 aliphatic rings. The lowest BCUT2D eigenvalue weighted by Crippen LogP contribution is -2.04. The van der Waals surface area contributed by atoms with Gasteiger partial charge in [0.25, 0.3) is 5.89 Å². The molecule has 1 atom stereocenters. The van der Waals surface area contributed by atoms with E-state index in [9.17, 15) is 0 Å². The summed E-state index contributed by atoms with van der Waals surface area (Å²) in [5, 5.41) is 4.86. The fourth-order valence-corrected chi connectivity index (χ4v) is 2.64. The molecule has 19 heavy (non-hydrogen) atoms. The van der Waals surface area contributed by atoms with Crippen molar-refractivity contribution in [3.05, 3.63) is 16.5 Å². The van der Waals surface area contributed by atoms with E-state index in [-0.39, 0.29) is 6.10 Å². The molecular formula is C12H18N4O2S. The minimum Gasteiger partial charge on any atom is -0.370 e. The first-order valence-corrected chi connectivity index (χ1v) is 7.13. The highest BCUT2D eigenvalue weighted by Gasteiger charge is 2.20. The largest absolute Gasteiger partial charge is 0.370 e. The standard InChI is InChI=1S/C12H18N4O2S/c1-4-8(17-5-2)11-15-12(18-16-11)10-7(3)14-9(6-13)19-10/h8H,4-6,13H2,1-3H3. The zero-order chi connectivity index (χ0) is 13.8. The van der Waals surface area contributed by atoms with Gasteiger partial charge in [0.05, 0.1) is 5.69 Å². The summed E-state index contributed by atoms with van der Waals surface area (Å²) >= 11 is 1.49. The maximum Gasteiger partial charge on any atom is 0.270 e. The van der Waals surface area contributed by atoms with Gasteiger partial charge in [-0.3, -0.25) is 0 Å². The van der Waals surface area contributed by atoms with Crippen LogP contribution >= 0.6 is 11.3 Å². The SMILES string of the molecule is CCOC(CC)c1noc(-c2sc(CN)nc2C)n1. The van der Waals surface area contributed by atoms with Crippen molar-refractivity contribution in [2.24, 2.45) is 5.73 Å². The lowest BCUT2D eigenvalue weighted by atomic mass is 10.2. The van der Waals surface area contributed by atoms with Crippen molar-refractivity contribution in [1.29, 1.82) is 0 Å². The van der Waals surface area contributed by atoms with E-state index < -0.39 is 0 Å². The molecule has 0 radical (unpaired) electrons. The van der Waals surface area contributed by atoms with Crippen LogP contribution in [0.25, 0.3) is 10.8 Å². The number of hydrogen-bond donors (Lipinski definition) is 1. The first-order valence-electron chi connectivity index (χ1n) is 6.31. The molecule has 0 saturated heterocycles. The minimum atomic E-state index is -0.121. The first kappa shape index (κ1) is 14.1. The molecule has 0 amide bonds. The Bertz CT molecular complexity index is 538. The molecule has 2 aromatic heterocycles. The van der Waals surface area contributed by atoms with Gasteiger partial charge in [-0.15, -0.1) is 11.3 Å². The summed E-state index contributed by atoms with van der Waals surface area (Å²) in [6, 6.07) is 0. The molecule has 104 valence electrons. The average molecular weight is 282 g/mol. The zero-order valence-corrected chi connectivity index (χ0v) is 12.2. The molecule has 2 rings (SSSR count). The smallest absolute Gasteiger partial charge is 0.270 e. The van der Waals surface area contributed by atoms with Crippen LogP contribution in [-0.2, 0) is 11.3 Å². The quantitative estimate of drug-likeness (QED) is 0.875. The summed E-state index contributed by atoms with van der Waals surface area (Å²) in [6.45, 7) is 6.93. The predicted molar refractivity (Wildman–Crippen MR) is 72.7 cm³/mol. The Balaban J connectivity index is 2.26. The lowest BCUT2D eigenvalue weighted by Gasteiger charge is -2.09. The maximum absolute atomic E-state index is 5.59. The second-order valence-corrected chi connectivity index (χ2v) is 5.12. The number of aromatic nitrogens is 3. The highest BCUT2D eigenvalue weighted by atomic mass is 32.1. The van der Waals surface area contributed by atoms with Gasteiger partial charge in [0.15, 0.2) is 0 Å². The normalized spacial score (nSPS) is 12.8. The molecule has 0 aliphatic carbocycles. The van der Waals surface area contributed by atoms with Crippen molar-refractivity contribution < 1.29 is 9.26 Å². The van der Waals surface area contributed by atoms with Crippen molar-refractivity contribution in [3.8, 4) is 10.8 Å². The van der Waals surface area contributed by atoms with Gasteiger partial charge in [-0.25, -0.2) is 4.98 Å². The minimum absolute atomic E-state index is 0.121. The van der Waals surface area contributed by atoms with Gasteiger partial charge in [-0.05, 0) is 20.3 Å². The Labute approximate surface area is 116 Å². The van der Waals surface area contributed by atoms with Crippen LogP contribution in [-0.4, -0.2) is 21.7 Å². The van der Waals surface area contributed by atoms with Gasteiger partial charge in [0, 0.05) is 13.2 Å². The van der Waals surface area contributed by atoms with Crippen LogP contribution in [0.1, 0.15) is 42.9 Å². The van der Waals surface area contributed by atoms with Crippen molar-refractivity contribution in [3.63, 3.8) is 0 Å². The van der Waals surface area contributed by atoms with Crippen molar-refractivity contribution in [1.82, 2.24) is 15.1 Å². The summed E-state index contributed by atoms with van der Waals surface area (Å²) < 4.78 is 10.9. The van der Waals surface area contributed by atoms with E-state index in [1.807, 2.05) is 20.8 Å². The van der Waals surface area contributed by atoms with Crippen LogP contribution < -0.4 is 5.73 Å². The fourth-order valence-electron chi connectivity index (χ4n) is 1.77. The molecule has 0 fully saturated rings. The number of ether oxygens (including phenoxy) is 1. The summed E-state index contributed by atoms with van der Waals surface area (Å²) in [4.78, 5) is 9.64. The van der Waals surface area contributed by atoms with E-state index in [0.29, 0.717) is 24.9 Å². The number of rotatable bonds is 6. The Morgan fingerprint density at radius 3 is 2.74 bits per heavy atom. The van der Waals surface area contributed by atoms with Gasteiger partial charge < -0.3 is 15.0 Å². The number of nitrogens with zero attached hydrogens (tertiary/aromatic N) is 3. The van der Waals surface area contributed by atoms with Gasteiger partial charge >= 0.3 is 0 Å². The number of nitrogens with two attached hydrogens (primary N) is 1. The van der Waals surface area contributed by atoms with E-state index in [0.717, 1.165) is 22.0 Å². The van der Waals surface area contributed by atoms with E-state index in [2.05, 4.69) is 15.1 Å². The first-order chi connectivity index (χ1) is 9.19. The van der Waals surface area contributed by atoms with Crippen molar-refractivity contribution >= 4 is 11.3 Å². The van der Waals surface area contributed by atoms with Gasteiger partial charge in [0.2, 0.25) is 5.82 Å². The third-order valence-corrected chi connectivity index (χ3v) is 3.85. The van der Waals surface area contributed by atoms with Crippen LogP contribution in [0.5, 0.6) is 0 Å². The predicted octanol–water partition coefficient (Wildman–Crippen LogP) is 2.45. The second kappa shape index (κ2) is 6.23. The van der Waals surface area contributed by atoms with E-state index in [1.54, 1.807) is 0 Å². The molecule has 0 saturated carbocycles. The molecule has 2 aromatic rings. The Kier molecular flexibility index (Phi) is 4.62. The van der Waals surface area contributed by atoms with Crippen molar-refractivity contribution in [2.75, 3.05) is 6.61 Å². The molecule has 0 spiro atoms. The molecule has 2 heterocycles. The zero-order valence-electron chi connectivity index (χ0n) is 11.3. The summed E-state index contributed by atoms with van der Waals surface area (Å²) in [5.41, 5.74) is 6.45. The van der Waals surface area contributed by atoms with Gasteiger partial charge in [-0.2, -0.15) is 4.98 Å². The second-order valence-electron chi connectivity index (χ2n) is 4.04. The summed E-state index contributed by atoms with van der Waals surface area (Å²) in [5.74, 6) is 1.07. The Morgan fingerprint density at radius 2 is 2.16 bits per heavy atom. The van der Waals surface area contributed by atoms with E-state index >= 15 is 0 Å². The highest BCUT2D eigenvalue weighted by Crippen LogP contribution is 2.30. The molecular weight excluding hydrogens is 264 g/mol. The summed E-state index contributed by atoms with van der Waals surface area (Å²) in [6.07, 6.45) is 0.687. The highest BCUT2D eigenvalue weighted by molar-refractivity contribution is 7.15. The molecule has 0 aliphatic heterocycles. The number of aryl methyl sites for hydroxylation is 1. The molecule has 0 bridgehead atoms. The lowest BCUT2D eigenvalue weighted by molar-refractivity contribution is 0.0518. The summed E-state index contributed by atoms with van der Waals surface area (Å²) in [7, 11) is 0. The van der Waals surface area contributed by atoms with Crippen LogP contribution in [0, 0.1) is 6.92 Å². The third-order valence-electron chi connectivity index (χ3n) is 2.68. The van der Waals surface area contributed by atoms with Crippen LogP contribution in [0.15, 0.2) is 4.52 Å². The molecule has 2 N–H and O–H groups in total. The average Bonchev–Trinajstić information content (AvgIpc) is 3.02. The topological polar surface area (TPSA) is 87.1 Å². The number of hydrogen-bond acceptors (Lipinski definition) is 7. The Hall–Kier alpha value is -1.31. The van der Waals surface area contributed by atoms with Gasteiger partial charge in [0.1, 0.15) is 16.0 Å². The molecule has 6 nitrogen and oxygen atoms in total. The van der Waals surface area contributed by atoms with Crippen molar-refractivity contribution in [2.45, 2.75) is 39.8 Å². The van der Waals surface area contributed by atoms with Gasteiger partial charge in [-0.1, -0.05) is 12.1 Å². The maximum atomic E-state index is 5.59. The number of thiazole rings is 1. The van der Waals surface area contributed by atoms with Crippen LogP contribution in [0.3, 0.4) is 0 Å². The molecule has 7 heteroatoms. The fraction of sp³-hybridized carbons (Fsp3) is 0.583. The van der Waals surface area contributed by atoms with E-state index in [4.69, 9.17) is 15.0 Å².